The Kier molecular flexibility index (Phi) is 14.7. The van der Waals surface area contributed by atoms with Crippen LogP contribution in [0.25, 0.3) is 10.9 Å². The van der Waals surface area contributed by atoms with Crippen LogP contribution in [0.2, 0.25) is 0 Å². The number of H-pyrrole nitrogens is 1. The van der Waals surface area contributed by atoms with E-state index in [-0.39, 0.29) is 31.6 Å². The number of carbonyl (C=O) groups is 5. The fraction of sp³-hybridized carbons (Fsp3) is 0.378. The Balaban J connectivity index is 1.86. The van der Waals surface area contributed by atoms with E-state index in [9.17, 15) is 42.6 Å². The van der Waals surface area contributed by atoms with Gasteiger partial charge in [-0.15, -0.1) is 0 Å². The molecule has 1 aromatic heterocycles. The fourth-order valence-corrected chi connectivity index (χ4v) is 5.94. The highest BCUT2D eigenvalue weighted by atomic mass is 32.2. The number of aromatic amines is 1. The molecule has 0 radical (unpaired) electrons. The number of aliphatic hydroxyl groups is 1. The van der Waals surface area contributed by atoms with E-state index in [4.69, 9.17) is 4.74 Å². The van der Waals surface area contributed by atoms with E-state index in [1.807, 2.05) is 30.3 Å². The first-order valence-corrected chi connectivity index (χ1v) is 18.3. The van der Waals surface area contributed by atoms with Crippen LogP contribution >= 0.6 is 0 Å². The Morgan fingerprint density at radius 3 is 2.20 bits per heavy atom. The minimum Gasteiger partial charge on any atom is -0.513 e. The number of benzene rings is 2. The number of rotatable bonds is 20. The third-order valence-electron chi connectivity index (χ3n) is 8.16. The van der Waals surface area contributed by atoms with Gasteiger partial charge in [-0.2, -0.15) is 0 Å². The molecule has 2 amide bonds. The molecular weight excluding hydrogens is 678 g/mol. The average Bonchev–Trinajstić information content (AvgIpc) is 3.46. The van der Waals surface area contributed by atoms with Crippen LogP contribution in [0.3, 0.4) is 0 Å². The average molecular weight is 724 g/mol. The van der Waals surface area contributed by atoms with Crippen molar-refractivity contribution in [2.75, 3.05) is 6.26 Å². The van der Waals surface area contributed by atoms with Crippen molar-refractivity contribution in [1.82, 2.24) is 15.6 Å². The maximum absolute atomic E-state index is 14.1. The van der Waals surface area contributed by atoms with Gasteiger partial charge >= 0.3 is 11.9 Å². The number of para-hydroxylation sites is 1. The van der Waals surface area contributed by atoms with Crippen molar-refractivity contribution in [2.24, 2.45) is 17.8 Å². The summed E-state index contributed by atoms with van der Waals surface area (Å²) in [5, 5.41) is 26.2. The fourth-order valence-electron chi connectivity index (χ4n) is 5.47. The number of carboxylic acids is 1. The van der Waals surface area contributed by atoms with Gasteiger partial charge < -0.3 is 30.6 Å². The highest BCUT2D eigenvalue weighted by Gasteiger charge is 2.33. The molecule has 4 atom stereocenters. The van der Waals surface area contributed by atoms with Gasteiger partial charge in [0, 0.05) is 53.9 Å². The summed E-state index contributed by atoms with van der Waals surface area (Å²) < 4.78 is 28.7. The lowest BCUT2D eigenvalue weighted by atomic mass is 9.86. The second-order valence-electron chi connectivity index (χ2n) is 12.8. The summed E-state index contributed by atoms with van der Waals surface area (Å²) in [4.78, 5) is 68.6. The zero-order chi connectivity index (χ0) is 37.7. The Morgan fingerprint density at radius 1 is 0.902 bits per heavy atom. The van der Waals surface area contributed by atoms with Crippen LogP contribution in [0.5, 0.6) is 0 Å². The maximum atomic E-state index is 14.1. The standard InChI is InChI=1S/C37H45N3O10S/c1-23(2)30(37(47)39-28(19-34(43)44)14-15-51(4,48)49)20-33(42)32(17-27-21-38-31-13-9-8-12-29(27)31)40-36(46)26(16-24(3)41)18-35(45)50-22-25-10-6-5-7-11-25/h5-15,21,23,26,28,30,32,38,41H,3,16-20,22H2,1-2,4H3,(H,39,47)(H,40,46)(H,43,44)/b15-14+/t26-,28-,30+,32+/m1/s1. The molecule has 13 nitrogen and oxygen atoms in total. The number of fused-ring (bicyclic) bond motifs is 1. The van der Waals surface area contributed by atoms with Gasteiger partial charge in [0.15, 0.2) is 15.6 Å². The Labute approximate surface area is 297 Å². The van der Waals surface area contributed by atoms with Crippen LogP contribution < -0.4 is 10.6 Å². The van der Waals surface area contributed by atoms with Gasteiger partial charge in [0.2, 0.25) is 11.8 Å². The van der Waals surface area contributed by atoms with Crippen LogP contribution in [0.4, 0.5) is 0 Å². The number of ether oxygens (including phenoxy) is 1. The SMILES string of the molecule is C=C(O)C[C@H](CC(=O)OCc1ccccc1)C(=O)N[C@@H](Cc1c[nH]c2ccccc12)C(=O)C[C@H](C(=O)N[C@H](/C=C/S(C)(=O)=O)CC(=O)O)C(C)C. The van der Waals surface area contributed by atoms with Gasteiger partial charge in [0.25, 0.3) is 0 Å². The molecule has 3 aromatic rings. The van der Waals surface area contributed by atoms with Crippen molar-refractivity contribution in [1.29, 1.82) is 0 Å². The van der Waals surface area contributed by atoms with Crippen molar-refractivity contribution in [3.05, 3.63) is 95.7 Å². The molecule has 0 spiro atoms. The van der Waals surface area contributed by atoms with Crippen molar-refractivity contribution < 1.29 is 47.3 Å². The smallest absolute Gasteiger partial charge is 0.306 e. The topological polar surface area (TPSA) is 209 Å². The van der Waals surface area contributed by atoms with Gasteiger partial charge in [-0.25, -0.2) is 8.42 Å². The maximum Gasteiger partial charge on any atom is 0.306 e. The van der Waals surface area contributed by atoms with Crippen LogP contribution in [-0.2, 0) is 51.6 Å². The van der Waals surface area contributed by atoms with Gasteiger partial charge in [0.1, 0.15) is 6.61 Å². The summed E-state index contributed by atoms with van der Waals surface area (Å²) in [5.74, 6) is -6.75. The van der Waals surface area contributed by atoms with Gasteiger partial charge in [-0.1, -0.05) is 75.0 Å². The molecule has 0 aliphatic rings. The lowest BCUT2D eigenvalue weighted by Gasteiger charge is -2.26. The highest BCUT2D eigenvalue weighted by Crippen LogP contribution is 2.24. The molecule has 0 aliphatic heterocycles. The number of hydrogen-bond donors (Lipinski definition) is 5. The van der Waals surface area contributed by atoms with E-state index in [1.54, 1.807) is 44.3 Å². The Morgan fingerprint density at radius 2 is 1.57 bits per heavy atom. The number of nitrogens with one attached hydrogen (secondary N) is 3. The van der Waals surface area contributed by atoms with E-state index >= 15 is 0 Å². The molecule has 0 unspecified atom stereocenters. The molecule has 14 heteroatoms. The Hall–Kier alpha value is -5.24. The van der Waals surface area contributed by atoms with E-state index in [2.05, 4.69) is 22.2 Å². The third kappa shape index (κ3) is 13.5. The number of aliphatic carboxylic acids is 1. The summed E-state index contributed by atoms with van der Waals surface area (Å²) in [7, 11) is -3.62. The first kappa shape index (κ1) is 40.2. The molecule has 0 saturated carbocycles. The number of esters is 1. The highest BCUT2D eigenvalue weighted by molar-refractivity contribution is 7.93. The number of amides is 2. The number of allylic oxidation sites excluding steroid dienone is 1. The monoisotopic (exact) mass is 723 g/mol. The molecule has 51 heavy (non-hydrogen) atoms. The minimum atomic E-state index is -3.62. The van der Waals surface area contributed by atoms with Crippen molar-refractivity contribution in [3.8, 4) is 0 Å². The van der Waals surface area contributed by atoms with E-state index in [0.29, 0.717) is 5.56 Å². The quantitative estimate of drug-likeness (QED) is 0.0831. The number of aromatic nitrogens is 1. The Bertz CT molecular complexity index is 1850. The molecule has 0 bridgehead atoms. The summed E-state index contributed by atoms with van der Waals surface area (Å²) >= 11 is 0. The summed E-state index contributed by atoms with van der Waals surface area (Å²) in [5.41, 5.74) is 2.24. The second kappa shape index (κ2) is 18.7. The second-order valence-corrected chi connectivity index (χ2v) is 14.8. The first-order chi connectivity index (χ1) is 24.0. The molecule has 274 valence electrons. The molecule has 0 saturated heterocycles. The summed E-state index contributed by atoms with van der Waals surface area (Å²) in [6.07, 6.45) is 2.09. The van der Waals surface area contributed by atoms with Crippen molar-refractivity contribution >= 4 is 50.3 Å². The van der Waals surface area contributed by atoms with Crippen LogP contribution in [-0.4, -0.2) is 71.5 Å². The van der Waals surface area contributed by atoms with Gasteiger partial charge in [-0.05, 0) is 23.1 Å². The molecule has 2 aromatic carbocycles. The largest absolute Gasteiger partial charge is 0.513 e. The molecule has 5 N–H and O–H groups in total. The van der Waals surface area contributed by atoms with Crippen molar-refractivity contribution in [3.63, 3.8) is 0 Å². The lowest BCUT2D eigenvalue weighted by molar-refractivity contribution is -0.148. The lowest BCUT2D eigenvalue weighted by Crippen LogP contribution is -2.48. The number of hydrogen-bond acceptors (Lipinski definition) is 9. The zero-order valence-electron chi connectivity index (χ0n) is 28.8. The normalized spacial score (nSPS) is 14.0. The van der Waals surface area contributed by atoms with Crippen LogP contribution in [0.15, 0.2) is 84.6 Å². The van der Waals surface area contributed by atoms with E-state index in [0.717, 1.165) is 34.2 Å². The van der Waals surface area contributed by atoms with E-state index in [1.165, 1.54) is 0 Å². The number of sulfone groups is 1. The number of Topliss-reactive ketones (excluding diaryl/α,β-unsaturated/α-hetero) is 1. The molecule has 0 aliphatic carbocycles. The number of carbonyl (C=O) groups excluding carboxylic acids is 4. The number of ketones is 1. The number of carboxylic acid groups (broad SMARTS) is 1. The molecule has 0 fully saturated rings. The first-order valence-electron chi connectivity index (χ1n) is 16.4. The summed E-state index contributed by atoms with van der Waals surface area (Å²) in [6.45, 7) is 6.85. The van der Waals surface area contributed by atoms with Gasteiger partial charge in [-0.3, -0.25) is 24.0 Å². The molecule has 1 heterocycles. The van der Waals surface area contributed by atoms with Crippen molar-refractivity contribution in [2.45, 2.75) is 64.6 Å². The summed E-state index contributed by atoms with van der Waals surface area (Å²) in [6, 6.07) is 14.0. The van der Waals surface area contributed by atoms with Crippen LogP contribution in [0.1, 0.15) is 50.7 Å². The molecular formula is C37H45N3O10S. The third-order valence-corrected chi connectivity index (χ3v) is 8.81. The minimum absolute atomic E-state index is 0.0189. The predicted molar refractivity (Wildman–Crippen MR) is 191 cm³/mol. The molecule has 3 rings (SSSR count). The zero-order valence-corrected chi connectivity index (χ0v) is 29.6. The van der Waals surface area contributed by atoms with E-state index < -0.39 is 82.1 Å². The predicted octanol–water partition coefficient (Wildman–Crippen LogP) is 4.16. The van der Waals surface area contributed by atoms with Gasteiger partial charge in [0.05, 0.1) is 36.6 Å². The van der Waals surface area contributed by atoms with Crippen LogP contribution in [0, 0.1) is 17.8 Å². The number of aliphatic hydroxyl groups excluding tert-OH is 1.